The quantitative estimate of drug-likeness (QED) is 0.770. The predicted molar refractivity (Wildman–Crippen MR) is 97.5 cm³/mol. The van der Waals surface area contributed by atoms with E-state index in [0.29, 0.717) is 13.0 Å². The Labute approximate surface area is 144 Å². The smallest absolute Gasteiger partial charge is 0.220 e. The molecule has 0 saturated carbocycles. The fourth-order valence-corrected chi connectivity index (χ4v) is 2.56. The van der Waals surface area contributed by atoms with Crippen LogP contribution in [0.15, 0.2) is 48.8 Å². The van der Waals surface area contributed by atoms with E-state index in [1.54, 1.807) is 6.20 Å². The van der Waals surface area contributed by atoms with E-state index in [2.05, 4.69) is 53.3 Å². The summed E-state index contributed by atoms with van der Waals surface area (Å²) in [6, 6.07) is 12.4. The van der Waals surface area contributed by atoms with Crippen LogP contribution in [0.3, 0.4) is 0 Å². The monoisotopic (exact) mass is 325 g/mol. The molecule has 1 N–H and O–H groups in total. The van der Waals surface area contributed by atoms with E-state index in [4.69, 9.17) is 0 Å². The van der Waals surface area contributed by atoms with E-state index in [9.17, 15) is 4.79 Å². The second kappa shape index (κ2) is 9.83. The van der Waals surface area contributed by atoms with E-state index in [1.165, 1.54) is 5.56 Å². The third kappa shape index (κ3) is 6.13. The van der Waals surface area contributed by atoms with Gasteiger partial charge in [-0.1, -0.05) is 44.2 Å². The lowest BCUT2D eigenvalue weighted by Gasteiger charge is -2.18. The average molecular weight is 325 g/mol. The molecule has 0 unspecified atom stereocenters. The van der Waals surface area contributed by atoms with Gasteiger partial charge in [0.25, 0.3) is 0 Å². The first-order chi connectivity index (χ1) is 11.7. The Morgan fingerprint density at radius 2 is 1.75 bits per heavy atom. The molecular formula is C20H27N3O. The number of aromatic nitrogens is 1. The molecule has 1 amide bonds. The third-order valence-corrected chi connectivity index (χ3v) is 4.18. The van der Waals surface area contributed by atoms with Gasteiger partial charge in [0.05, 0.1) is 0 Å². The van der Waals surface area contributed by atoms with Crippen molar-refractivity contribution in [1.82, 2.24) is 15.2 Å². The molecular weight excluding hydrogens is 298 g/mol. The van der Waals surface area contributed by atoms with Gasteiger partial charge in [0.1, 0.15) is 0 Å². The molecule has 0 aliphatic heterocycles. The summed E-state index contributed by atoms with van der Waals surface area (Å²) in [6.07, 6.45) is 4.77. The number of carbonyl (C=O) groups is 1. The highest BCUT2D eigenvalue weighted by molar-refractivity contribution is 5.76. The van der Waals surface area contributed by atoms with Crippen molar-refractivity contribution in [3.8, 4) is 0 Å². The summed E-state index contributed by atoms with van der Waals surface area (Å²) in [4.78, 5) is 18.4. The number of nitrogens with one attached hydrogen (secondary N) is 1. The molecule has 4 nitrogen and oxygen atoms in total. The van der Waals surface area contributed by atoms with Gasteiger partial charge < -0.3 is 5.32 Å². The van der Waals surface area contributed by atoms with Crippen LogP contribution in [-0.4, -0.2) is 28.9 Å². The lowest BCUT2D eigenvalue weighted by Crippen LogP contribution is -2.23. The highest BCUT2D eigenvalue weighted by Gasteiger charge is 2.04. The van der Waals surface area contributed by atoms with E-state index >= 15 is 0 Å². The molecule has 0 aliphatic carbocycles. The Kier molecular flexibility index (Phi) is 7.43. The van der Waals surface area contributed by atoms with Crippen molar-refractivity contribution in [1.29, 1.82) is 0 Å². The molecule has 0 saturated heterocycles. The predicted octanol–water partition coefficient (Wildman–Crippen LogP) is 3.17. The van der Waals surface area contributed by atoms with E-state index in [-0.39, 0.29) is 5.91 Å². The van der Waals surface area contributed by atoms with Crippen molar-refractivity contribution in [2.24, 2.45) is 0 Å². The van der Waals surface area contributed by atoms with Gasteiger partial charge in [-0.2, -0.15) is 0 Å². The molecule has 4 heteroatoms. The summed E-state index contributed by atoms with van der Waals surface area (Å²) in [6.45, 7) is 8.04. The number of hydrogen-bond donors (Lipinski definition) is 1. The van der Waals surface area contributed by atoms with Gasteiger partial charge >= 0.3 is 0 Å². The van der Waals surface area contributed by atoms with Crippen molar-refractivity contribution < 1.29 is 4.79 Å². The molecule has 128 valence electrons. The van der Waals surface area contributed by atoms with Crippen LogP contribution in [0.4, 0.5) is 0 Å². The zero-order valence-electron chi connectivity index (χ0n) is 14.7. The first kappa shape index (κ1) is 18.1. The highest BCUT2D eigenvalue weighted by Crippen LogP contribution is 2.08. The SMILES string of the molecule is CCN(CC)Cc1ccc(CNC(=O)CCc2cccnc2)cc1. The van der Waals surface area contributed by atoms with Crippen LogP contribution in [0.5, 0.6) is 0 Å². The highest BCUT2D eigenvalue weighted by atomic mass is 16.1. The molecule has 0 spiro atoms. The summed E-state index contributed by atoms with van der Waals surface area (Å²) in [5.41, 5.74) is 3.53. The maximum Gasteiger partial charge on any atom is 0.220 e. The van der Waals surface area contributed by atoms with Gasteiger partial charge in [0, 0.05) is 31.9 Å². The molecule has 1 aromatic carbocycles. The van der Waals surface area contributed by atoms with Crippen LogP contribution >= 0.6 is 0 Å². The Morgan fingerprint density at radius 3 is 2.38 bits per heavy atom. The van der Waals surface area contributed by atoms with Gasteiger partial charge in [-0.25, -0.2) is 0 Å². The van der Waals surface area contributed by atoms with Gasteiger partial charge in [-0.15, -0.1) is 0 Å². The van der Waals surface area contributed by atoms with Gasteiger partial charge in [-0.3, -0.25) is 14.7 Å². The molecule has 1 heterocycles. The van der Waals surface area contributed by atoms with Gasteiger partial charge in [-0.05, 0) is 42.3 Å². The fraction of sp³-hybridized carbons (Fsp3) is 0.400. The number of nitrogens with zero attached hydrogens (tertiary/aromatic N) is 2. The Morgan fingerprint density at radius 1 is 1.04 bits per heavy atom. The van der Waals surface area contributed by atoms with Crippen molar-refractivity contribution in [2.45, 2.75) is 39.8 Å². The number of aryl methyl sites for hydroxylation is 1. The summed E-state index contributed by atoms with van der Waals surface area (Å²) < 4.78 is 0. The minimum atomic E-state index is 0.0751. The Hall–Kier alpha value is -2.20. The zero-order valence-corrected chi connectivity index (χ0v) is 14.7. The summed E-state index contributed by atoms with van der Waals surface area (Å²) in [7, 11) is 0. The number of hydrogen-bond acceptors (Lipinski definition) is 3. The summed E-state index contributed by atoms with van der Waals surface area (Å²) >= 11 is 0. The van der Waals surface area contributed by atoms with E-state index in [1.807, 2.05) is 18.3 Å². The molecule has 0 bridgehead atoms. The van der Waals surface area contributed by atoms with Crippen molar-refractivity contribution in [3.63, 3.8) is 0 Å². The Balaban J connectivity index is 1.74. The molecule has 1 aromatic heterocycles. The van der Waals surface area contributed by atoms with Gasteiger partial charge in [0.2, 0.25) is 5.91 Å². The molecule has 0 radical (unpaired) electrons. The lowest BCUT2D eigenvalue weighted by molar-refractivity contribution is -0.121. The maximum absolute atomic E-state index is 11.9. The zero-order chi connectivity index (χ0) is 17.2. The number of rotatable bonds is 9. The molecule has 0 aliphatic rings. The first-order valence-electron chi connectivity index (χ1n) is 8.67. The molecule has 0 atom stereocenters. The van der Waals surface area contributed by atoms with Crippen LogP contribution < -0.4 is 5.32 Å². The van der Waals surface area contributed by atoms with Gasteiger partial charge in [0.15, 0.2) is 0 Å². The normalized spacial score (nSPS) is 10.8. The number of benzene rings is 1. The van der Waals surface area contributed by atoms with Crippen LogP contribution in [0.2, 0.25) is 0 Å². The largest absolute Gasteiger partial charge is 0.352 e. The van der Waals surface area contributed by atoms with Crippen molar-refractivity contribution in [3.05, 3.63) is 65.5 Å². The number of pyridine rings is 1. The van der Waals surface area contributed by atoms with Crippen LogP contribution in [-0.2, 0) is 24.3 Å². The second-order valence-corrected chi connectivity index (χ2v) is 5.92. The van der Waals surface area contributed by atoms with Crippen molar-refractivity contribution >= 4 is 5.91 Å². The minimum absolute atomic E-state index is 0.0751. The lowest BCUT2D eigenvalue weighted by atomic mass is 10.1. The number of carbonyl (C=O) groups excluding carboxylic acids is 1. The third-order valence-electron chi connectivity index (χ3n) is 4.18. The summed E-state index contributed by atoms with van der Waals surface area (Å²) in [5, 5.41) is 2.98. The maximum atomic E-state index is 11.9. The molecule has 2 rings (SSSR count). The minimum Gasteiger partial charge on any atom is -0.352 e. The summed E-state index contributed by atoms with van der Waals surface area (Å²) in [5.74, 6) is 0.0751. The molecule has 24 heavy (non-hydrogen) atoms. The molecule has 2 aromatic rings. The van der Waals surface area contributed by atoms with Crippen LogP contribution in [0.1, 0.15) is 37.0 Å². The molecule has 0 fully saturated rings. The standard InChI is InChI=1S/C20H27N3O/c1-3-23(4-2)16-19-9-7-18(8-10-19)15-22-20(24)12-11-17-6-5-13-21-14-17/h5-10,13-14H,3-4,11-12,15-16H2,1-2H3,(H,22,24). The van der Waals surface area contributed by atoms with Crippen LogP contribution in [0.25, 0.3) is 0 Å². The fourth-order valence-electron chi connectivity index (χ4n) is 2.56. The van der Waals surface area contributed by atoms with Crippen molar-refractivity contribution in [2.75, 3.05) is 13.1 Å². The second-order valence-electron chi connectivity index (χ2n) is 5.92. The van der Waals surface area contributed by atoms with Crippen LogP contribution in [0, 0.1) is 0 Å². The topological polar surface area (TPSA) is 45.2 Å². The average Bonchev–Trinajstić information content (AvgIpc) is 2.64. The van der Waals surface area contributed by atoms with E-state index in [0.717, 1.165) is 37.2 Å². The first-order valence-corrected chi connectivity index (χ1v) is 8.67. The van der Waals surface area contributed by atoms with E-state index < -0.39 is 0 Å². The Bertz CT molecular complexity index is 607. The number of amides is 1.